The van der Waals surface area contributed by atoms with Crippen molar-refractivity contribution in [2.45, 2.75) is 31.6 Å². The van der Waals surface area contributed by atoms with Gasteiger partial charge in [-0.2, -0.15) is 13.2 Å². The molecule has 12 heteroatoms. The molecule has 8 nitrogen and oxygen atoms in total. The molecule has 5 rings (SSSR count). The van der Waals surface area contributed by atoms with Crippen LogP contribution in [0.5, 0.6) is 0 Å². The van der Waals surface area contributed by atoms with E-state index in [0.29, 0.717) is 39.9 Å². The van der Waals surface area contributed by atoms with Crippen molar-refractivity contribution >= 4 is 28.0 Å². The minimum Gasteiger partial charge on any atom is -0.326 e. The average Bonchev–Trinajstić information content (AvgIpc) is 3.47. The number of hydrogen-bond acceptors (Lipinski definition) is 6. The molecule has 2 atom stereocenters. The third kappa shape index (κ3) is 4.89. The van der Waals surface area contributed by atoms with E-state index in [-0.39, 0.29) is 36.2 Å². The normalized spacial score (nSPS) is 18.0. The van der Waals surface area contributed by atoms with Crippen LogP contribution >= 0.6 is 0 Å². The molecule has 1 aliphatic rings. The summed E-state index contributed by atoms with van der Waals surface area (Å²) in [6.07, 6.45) is -1.04. The molecule has 4 aromatic rings. The van der Waals surface area contributed by atoms with Gasteiger partial charge in [0, 0.05) is 42.5 Å². The van der Waals surface area contributed by atoms with Crippen molar-refractivity contribution in [3.05, 3.63) is 65.6 Å². The Bertz CT molecular complexity index is 1560. The number of halogens is 4. The van der Waals surface area contributed by atoms with E-state index in [1.807, 2.05) is 0 Å². The second-order valence-corrected chi connectivity index (χ2v) is 9.49. The van der Waals surface area contributed by atoms with Gasteiger partial charge in [0.1, 0.15) is 23.3 Å². The molecule has 198 valence electrons. The number of aromatic nitrogens is 4. The first-order valence-electron chi connectivity index (χ1n) is 12.1. The minimum atomic E-state index is -4.50. The van der Waals surface area contributed by atoms with Gasteiger partial charge in [-0.1, -0.05) is 12.1 Å². The Morgan fingerprint density at radius 2 is 2.00 bits per heavy atom. The second-order valence-electron chi connectivity index (χ2n) is 9.49. The minimum absolute atomic E-state index is 0.0561. The van der Waals surface area contributed by atoms with Crippen molar-refractivity contribution < 1.29 is 22.9 Å². The van der Waals surface area contributed by atoms with Gasteiger partial charge >= 0.3 is 6.18 Å². The topological polar surface area (TPSA) is 113 Å². The maximum absolute atomic E-state index is 14.9. The van der Waals surface area contributed by atoms with E-state index in [0.717, 1.165) is 0 Å². The predicted molar refractivity (Wildman–Crippen MR) is 136 cm³/mol. The Kier molecular flexibility index (Phi) is 6.72. The summed E-state index contributed by atoms with van der Waals surface area (Å²) in [4.78, 5) is 6.00. The molecule has 0 aliphatic carbocycles. The number of hydrogen-bond donors (Lipinski definition) is 3. The van der Waals surface area contributed by atoms with E-state index in [2.05, 4.69) is 15.2 Å². The molecule has 0 radical (unpaired) electrons. The van der Waals surface area contributed by atoms with Crippen molar-refractivity contribution in [1.82, 2.24) is 24.5 Å². The molecule has 1 fully saturated rings. The molecule has 0 amide bonds. The summed E-state index contributed by atoms with van der Waals surface area (Å²) < 4.78 is 58.9. The largest absolute Gasteiger partial charge is 0.408 e. The summed E-state index contributed by atoms with van der Waals surface area (Å²) in [5.74, 6) is -0.183. The monoisotopic (exact) mass is 527 g/mol. The predicted octanol–water partition coefficient (Wildman–Crippen LogP) is 3.29. The van der Waals surface area contributed by atoms with E-state index in [1.165, 1.54) is 33.7 Å². The van der Waals surface area contributed by atoms with E-state index in [4.69, 9.17) is 11.1 Å². The first-order valence-corrected chi connectivity index (χ1v) is 12.1. The number of alkyl halides is 3. The maximum Gasteiger partial charge on any atom is 0.408 e. The number of nitrogens with one attached hydrogen (secondary N) is 1. The van der Waals surface area contributed by atoms with Gasteiger partial charge in [0.05, 0.1) is 18.1 Å². The fourth-order valence-electron chi connectivity index (χ4n) is 4.94. The van der Waals surface area contributed by atoms with E-state index in [1.54, 1.807) is 43.6 Å². The average molecular weight is 528 g/mol. The van der Waals surface area contributed by atoms with Gasteiger partial charge in [-0.3, -0.25) is 9.30 Å². The van der Waals surface area contributed by atoms with Crippen LogP contribution in [0.15, 0.2) is 48.7 Å². The van der Waals surface area contributed by atoms with Crippen molar-refractivity contribution in [2.75, 3.05) is 20.1 Å². The lowest BCUT2D eigenvalue weighted by Crippen LogP contribution is -2.76. The lowest BCUT2D eigenvalue weighted by Gasteiger charge is -2.30. The van der Waals surface area contributed by atoms with Crippen LogP contribution in [0.2, 0.25) is 0 Å². The van der Waals surface area contributed by atoms with Gasteiger partial charge in [-0.25, -0.2) is 9.37 Å². The van der Waals surface area contributed by atoms with Crippen molar-refractivity contribution in [1.29, 1.82) is 5.41 Å². The number of fused-ring (bicyclic) bond motifs is 2. The van der Waals surface area contributed by atoms with Crippen molar-refractivity contribution in [3.8, 4) is 11.5 Å². The van der Waals surface area contributed by atoms with E-state index < -0.39 is 18.0 Å². The molecule has 38 heavy (non-hydrogen) atoms. The van der Waals surface area contributed by atoms with Gasteiger partial charge < -0.3 is 16.5 Å². The Morgan fingerprint density at radius 3 is 2.66 bits per heavy atom. The molecule has 3 aromatic heterocycles. The molecular formula is C26H27F4N8+. The summed E-state index contributed by atoms with van der Waals surface area (Å²) in [5.41, 5.74) is 8.28. The fourth-order valence-corrected chi connectivity index (χ4v) is 4.94. The second kappa shape index (κ2) is 9.86. The smallest absolute Gasteiger partial charge is 0.326 e. The summed E-state index contributed by atoms with van der Waals surface area (Å²) in [6.45, 7) is 2.02. The molecule has 0 bridgehead atoms. The Balaban J connectivity index is 1.60. The summed E-state index contributed by atoms with van der Waals surface area (Å²) in [5, 5.41) is 18.3. The van der Waals surface area contributed by atoms with Crippen molar-refractivity contribution in [2.24, 2.45) is 5.73 Å². The maximum atomic E-state index is 14.9. The molecule has 1 saturated heterocycles. The molecule has 2 unspecified atom stereocenters. The fraction of sp³-hybridized carbons (Fsp3) is 0.308. The Morgan fingerprint density at radius 1 is 1.21 bits per heavy atom. The number of allylic oxidation sites excluding steroid dienone is 1. The highest BCUT2D eigenvalue weighted by atomic mass is 19.4. The summed E-state index contributed by atoms with van der Waals surface area (Å²) >= 11 is 0. The molecule has 4 heterocycles. The number of pyridine rings is 2. The first-order chi connectivity index (χ1) is 18.0. The highest BCUT2D eigenvalue weighted by Crippen LogP contribution is 2.39. The van der Waals surface area contributed by atoms with Gasteiger partial charge in [-0.15, -0.1) is 10.2 Å². The third-order valence-corrected chi connectivity index (χ3v) is 6.67. The highest BCUT2D eigenvalue weighted by molar-refractivity contribution is 5.96. The quantitative estimate of drug-likeness (QED) is 0.263. The molecule has 1 aromatic carbocycles. The van der Waals surface area contributed by atoms with Gasteiger partial charge in [0.15, 0.2) is 11.5 Å². The number of likely N-dealkylation sites (tertiary alicyclic amines) is 1. The molecule has 0 saturated carbocycles. The number of benzene rings is 1. The van der Waals surface area contributed by atoms with Gasteiger partial charge in [0.25, 0.3) is 0 Å². The van der Waals surface area contributed by atoms with Crippen LogP contribution in [-0.4, -0.2) is 62.5 Å². The van der Waals surface area contributed by atoms with Crippen molar-refractivity contribution in [3.63, 3.8) is 0 Å². The van der Waals surface area contributed by atoms with Gasteiger partial charge in [0.2, 0.25) is 0 Å². The van der Waals surface area contributed by atoms with Gasteiger partial charge in [-0.05, 0) is 43.2 Å². The van der Waals surface area contributed by atoms with Crippen LogP contribution in [0, 0.1) is 11.2 Å². The number of rotatable bonds is 6. The zero-order valence-electron chi connectivity index (χ0n) is 20.8. The number of quaternary nitrogens is 1. The lowest BCUT2D eigenvalue weighted by atomic mass is 10.1. The summed E-state index contributed by atoms with van der Waals surface area (Å²) in [6, 6.07) is 7.09. The van der Waals surface area contributed by atoms with Crippen LogP contribution < -0.4 is 11.1 Å². The standard InChI is InChI=1S/C26H26F4N8/c1-14(31)9-22(33-2)18-11-21-15(10-19(18)27)3-5-20(34-21)25-36-35-23-6-4-16(12-38(23)25)24(26(28,29)30)37-8-7-17(32)13-37/h3-6,9-12,17,24,31,33H,7-8,13,32H2,1-2H3/p+1. The first kappa shape index (κ1) is 25.9. The lowest BCUT2D eigenvalue weighted by molar-refractivity contribution is -0.530. The number of nitrogens with two attached hydrogens (primary N) is 2. The van der Waals surface area contributed by atoms with Crippen LogP contribution in [0.25, 0.3) is 33.8 Å². The SMILES string of the molecule is C[NH2+]C(=CC(C)=N)c1cc2nc(-c3nnc4ccc(C(N5CCC(N)C5)C(F)(F)F)cn34)ccc2cc1F. The van der Waals surface area contributed by atoms with Crippen LogP contribution in [0.4, 0.5) is 17.6 Å². The Labute approximate surface area is 215 Å². The number of nitrogens with zero attached hydrogens (tertiary/aromatic N) is 5. The van der Waals surface area contributed by atoms with Crippen LogP contribution in [-0.2, 0) is 0 Å². The molecule has 0 spiro atoms. The molecule has 1 aliphatic heterocycles. The third-order valence-electron chi connectivity index (χ3n) is 6.67. The zero-order valence-corrected chi connectivity index (χ0v) is 20.8. The van der Waals surface area contributed by atoms with E-state index >= 15 is 0 Å². The Hall–Kier alpha value is -3.74. The zero-order chi connectivity index (χ0) is 27.2. The summed E-state index contributed by atoms with van der Waals surface area (Å²) in [7, 11) is 1.76. The molecule has 5 N–H and O–H groups in total. The highest BCUT2D eigenvalue weighted by Gasteiger charge is 2.46. The van der Waals surface area contributed by atoms with Crippen LogP contribution in [0.3, 0.4) is 0 Å². The molecular weight excluding hydrogens is 500 g/mol. The van der Waals surface area contributed by atoms with E-state index in [9.17, 15) is 17.6 Å². The van der Waals surface area contributed by atoms with Crippen LogP contribution in [0.1, 0.15) is 30.5 Å².